The predicted octanol–water partition coefficient (Wildman–Crippen LogP) is 1.91. The van der Waals surface area contributed by atoms with Crippen molar-refractivity contribution >= 4 is 25.6 Å². The van der Waals surface area contributed by atoms with Crippen LogP contribution < -0.4 is 0 Å². The van der Waals surface area contributed by atoms with Crippen LogP contribution in [0.5, 0.6) is 0 Å². The Labute approximate surface area is 117 Å². The van der Waals surface area contributed by atoms with Crippen molar-refractivity contribution in [2.75, 3.05) is 12.3 Å². The van der Waals surface area contributed by atoms with Crippen LogP contribution in [0.15, 0.2) is 24.3 Å². The highest BCUT2D eigenvalue weighted by Crippen LogP contribution is 2.23. The van der Waals surface area contributed by atoms with Crippen LogP contribution in [0.1, 0.15) is 17.5 Å². The van der Waals surface area contributed by atoms with E-state index in [0.717, 1.165) is 11.1 Å². The summed E-state index contributed by atoms with van der Waals surface area (Å²) in [5.41, 5.74) is 2.22. The molecule has 6 heteroatoms. The number of nitrogens with zero attached hydrogens (tertiary/aromatic N) is 1. The van der Waals surface area contributed by atoms with Crippen molar-refractivity contribution in [3.8, 4) is 0 Å². The summed E-state index contributed by atoms with van der Waals surface area (Å²) >= 11 is 0. The maximum Gasteiger partial charge on any atom is 0.232 e. The zero-order valence-electron chi connectivity index (χ0n) is 10.7. The molecule has 1 heterocycles. The molecule has 1 aliphatic rings. The number of amides is 1. The van der Waals surface area contributed by atoms with Crippen LogP contribution >= 0.6 is 10.7 Å². The summed E-state index contributed by atoms with van der Waals surface area (Å²) in [7, 11) is 1.69. The van der Waals surface area contributed by atoms with Gasteiger partial charge in [-0.25, -0.2) is 8.42 Å². The largest absolute Gasteiger partial charge is 0.338 e. The van der Waals surface area contributed by atoms with Gasteiger partial charge in [-0.3, -0.25) is 4.79 Å². The summed E-state index contributed by atoms with van der Waals surface area (Å²) in [6, 6.07) is 7.86. The first kappa shape index (κ1) is 14.3. The summed E-state index contributed by atoms with van der Waals surface area (Å²) in [5, 5.41) is 0. The van der Waals surface area contributed by atoms with Gasteiger partial charge in [0.2, 0.25) is 15.0 Å². The maximum atomic E-state index is 11.9. The molecule has 0 spiro atoms. The molecule has 1 atom stereocenters. The highest BCUT2D eigenvalue weighted by Gasteiger charge is 2.32. The number of rotatable bonds is 4. The highest BCUT2D eigenvalue weighted by molar-refractivity contribution is 8.13. The lowest BCUT2D eigenvalue weighted by Crippen LogP contribution is -2.25. The van der Waals surface area contributed by atoms with E-state index in [1.807, 2.05) is 31.2 Å². The Kier molecular flexibility index (Phi) is 4.16. The second kappa shape index (κ2) is 5.51. The third-order valence-corrected chi connectivity index (χ3v) is 4.60. The molecule has 0 aliphatic carbocycles. The van der Waals surface area contributed by atoms with E-state index >= 15 is 0 Å². The Morgan fingerprint density at radius 1 is 1.37 bits per heavy atom. The summed E-state index contributed by atoms with van der Waals surface area (Å²) in [4.78, 5) is 13.6. The van der Waals surface area contributed by atoms with Crippen molar-refractivity contribution in [3.63, 3.8) is 0 Å². The van der Waals surface area contributed by atoms with Crippen molar-refractivity contribution in [1.29, 1.82) is 0 Å². The second-order valence-corrected chi connectivity index (χ2v) is 7.80. The molecular weight excluding hydrogens is 286 g/mol. The number of likely N-dealkylation sites (tertiary alicyclic amines) is 1. The predicted molar refractivity (Wildman–Crippen MR) is 74.3 cm³/mol. The van der Waals surface area contributed by atoms with Crippen LogP contribution in [-0.4, -0.2) is 31.5 Å². The van der Waals surface area contributed by atoms with Gasteiger partial charge >= 0.3 is 0 Å². The van der Waals surface area contributed by atoms with Gasteiger partial charge in [0, 0.05) is 36.1 Å². The van der Waals surface area contributed by atoms with E-state index in [4.69, 9.17) is 10.7 Å². The maximum absolute atomic E-state index is 11.9. The normalized spacial score (nSPS) is 20.0. The first-order chi connectivity index (χ1) is 8.85. The molecule has 4 nitrogen and oxygen atoms in total. The Morgan fingerprint density at radius 2 is 2.05 bits per heavy atom. The Morgan fingerprint density at radius 3 is 2.68 bits per heavy atom. The standard InChI is InChI=1S/C13H16ClNO3S/c1-10-4-2-3-5-12(10)8-15-7-11(6-13(15)16)9-19(14,17)18/h2-5,11H,6-9H2,1H3. The summed E-state index contributed by atoms with van der Waals surface area (Å²) < 4.78 is 22.1. The van der Waals surface area contributed by atoms with Crippen molar-refractivity contribution in [2.45, 2.75) is 19.9 Å². The van der Waals surface area contributed by atoms with E-state index in [0.29, 0.717) is 13.1 Å². The molecule has 0 radical (unpaired) electrons. The lowest BCUT2D eigenvalue weighted by molar-refractivity contribution is -0.128. The van der Waals surface area contributed by atoms with Gasteiger partial charge in [-0.1, -0.05) is 24.3 Å². The fraction of sp³-hybridized carbons (Fsp3) is 0.462. The van der Waals surface area contributed by atoms with Crippen molar-refractivity contribution in [3.05, 3.63) is 35.4 Å². The minimum absolute atomic E-state index is 0.00595. The van der Waals surface area contributed by atoms with Crippen LogP contribution in [0.4, 0.5) is 0 Å². The molecule has 0 aromatic heterocycles. The third kappa shape index (κ3) is 3.94. The molecule has 0 saturated carbocycles. The quantitative estimate of drug-likeness (QED) is 0.798. The van der Waals surface area contributed by atoms with Crippen molar-refractivity contribution < 1.29 is 13.2 Å². The average Bonchev–Trinajstić information content (AvgIpc) is 2.60. The Hall–Kier alpha value is -1.07. The first-order valence-electron chi connectivity index (χ1n) is 6.10. The number of aryl methyl sites for hydroxylation is 1. The first-order valence-corrected chi connectivity index (χ1v) is 8.57. The van der Waals surface area contributed by atoms with E-state index in [1.54, 1.807) is 4.90 Å². The molecule has 19 heavy (non-hydrogen) atoms. The Bertz CT molecular complexity index is 585. The van der Waals surface area contributed by atoms with Gasteiger partial charge in [-0.05, 0) is 18.1 Å². The van der Waals surface area contributed by atoms with E-state index in [9.17, 15) is 13.2 Å². The van der Waals surface area contributed by atoms with Crippen LogP contribution in [0, 0.1) is 12.8 Å². The number of hydrogen-bond donors (Lipinski definition) is 0. The molecule has 1 saturated heterocycles. The monoisotopic (exact) mass is 301 g/mol. The topological polar surface area (TPSA) is 54.5 Å². The minimum Gasteiger partial charge on any atom is -0.338 e. The molecule has 1 unspecified atom stereocenters. The lowest BCUT2D eigenvalue weighted by Gasteiger charge is -2.17. The summed E-state index contributed by atoms with van der Waals surface area (Å²) in [5.74, 6) is -0.336. The van der Waals surface area contributed by atoms with E-state index < -0.39 is 9.05 Å². The van der Waals surface area contributed by atoms with Gasteiger partial charge in [0.15, 0.2) is 0 Å². The SMILES string of the molecule is Cc1ccccc1CN1CC(CS(=O)(=O)Cl)CC1=O. The van der Waals surface area contributed by atoms with Gasteiger partial charge in [-0.2, -0.15) is 0 Å². The van der Waals surface area contributed by atoms with Gasteiger partial charge in [0.25, 0.3) is 0 Å². The summed E-state index contributed by atoms with van der Waals surface area (Å²) in [6.45, 7) is 2.99. The van der Waals surface area contributed by atoms with Gasteiger partial charge in [0.05, 0.1) is 5.75 Å². The zero-order chi connectivity index (χ0) is 14.0. The average molecular weight is 302 g/mol. The van der Waals surface area contributed by atoms with Crippen LogP contribution in [0.25, 0.3) is 0 Å². The zero-order valence-corrected chi connectivity index (χ0v) is 12.2. The fourth-order valence-corrected chi connectivity index (χ4v) is 3.71. The number of carbonyl (C=O) groups excluding carboxylic acids is 1. The smallest absolute Gasteiger partial charge is 0.232 e. The molecule has 104 valence electrons. The molecule has 1 aromatic carbocycles. The summed E-state index contributed by atoms with van der Waals surface area (Å²) in [6.07, 6.45) is 0.262. The minimum atomic E-state index is -3.54. The molecule has 1 aromatic rings. The van der Waals surface area contributed by atoms with E-state index in [-0.39, 0.29) is 24.0 Å². The van der Waals surface area contributed by atoms with Crippen molar-refractivity contribution in [2.24, 2.45) is 5.92 Å². The van der Waals surface area contributed by atoms with Crippen molar-refractivity contribution in [1.82, 2.24) is 4.90 Å². The number of halogens is 1. The lowest BCUT2D eigenvalue weighted by atomic mass is 10.1. The number of carbonyl (C=O) groups is 1. The third-order valence-electron chi connectivity index (χ3n) is 3.35. The van der Waals surface area contributed by atoms with E-state index in [1.165, 1.54) is 0 Å². The van der Waals surface area contributed by atoms with Gasteiger partial charge in [0.1, 0.15) is 0 Å². The molecule has 1 aliphatic heterocycles. The highest BCUT2D eigenvalue weighted by atomic mass is 35.7. The molecular formula is C13H16ClNO3S. The molecule has 1 fully saturated rings. The molecule has 0 N–H and O–H groups in total. The van der Waals surface area contributed by atoms with E-state index in [2.05, 4.69) is 0 Å². The fourth-order valence-electron chi connectivity index (χ4n) is 2.39. The number of benzene rings is 1. The molecule has 0 bridgehead atoms. The Balaban J connectivity index is 2.03. The van der Waals surface area contributed by atoms with Crippen LogP contribution in [0.2, 0.25) is 0 Å². The number of hydrogen-bond acceptors (Lipinski definition) is 3. The second-order valence-electron chi connectivity index (χ2n) is 4.98. The van der Waals surface area contributed by atoms with Crippen LogP contribution in [0.3, 0.4) is 0 Å². The van der Waals surface area contributed by atoms with Gasteiger partial charge in [-0.15, -0.1) is 0 Å². The molecule has 2 rings (SSSR count). The van der Waals surface area contributed by atoms with Gasteiger partial charge < -0.3 is 4.90 Å². The molecule has 1 amide bonds. The van der Waals surface area contributed by atoms with Crippen LogP contribution in [-0.2, 0) is 20.4 Å².